The van der Waals surface area contributed by atoms with Gasteiger partial charge in [-0.15, -0.1) is 0 Å². The number of ether oxygens (including phenoxy) is 2. The number of nitrogens with one attached hydrogen (secondary N) is 1. The number of para-hydroxylation sites is 1. The lowest BCUT2D eigenvalue weighted by molar-refractivity contribution is -0.385. The van der Waals surface area contributed by atoms with E-state index in [0.29, 0.717) is 17.9 Å². The standard InChI is InChI=1S/C16H17N3O4/c1-3-23-16-14(19(20)21)9-12(10-15(16)22-2)11-17-18-13-7-5-4-6-8-13/h4-11,18H,3H2,1-2H3/b17-11+. The molecule has 7 heteroatoms. The van der Waals surface area contributed by atoms with Crippen LogP contribution in [0.1, 0.15) is 12.5 Å². The third-order valence-electron chi connectivity index (χ3n) is 2.94. The smallest absolute Gasteiger partial charge is 0.315 e. The van der Waals surface area contributed by atoms with Crippen molar-refractivity contribution >= 4 is 17.6 Å². The predicted octanol–water partition coefficient (Wildman–Crippen LogP) is 3.45. The van der Waals surface area contributed by atoms with E-state index in [-0.39, 0.29) is 11.4 Å². The molecule has 2 aromatic carbocycles. The maximum Gasteiger partial charge on any atom is 0.315 e. The summed E-state index contributed by atoms with van der Waals surface area (Å²) < 4.78 is 10.5. The zero-order valence-electron chi connectivity index (χ0n) is 12.9. The van der Waals surface area contributed by atoms with Gasteiger partial charge in [-0.1, -0.05) is 18.2 Å². The molecule has 0 heterocycles. The van der Waals surface area contributed by atoms with Gasteiger partial charge in [0.25, 0.3) is 0 Å². The summed E-state index contributed by atoms with van der Waals surface area (Å²) in [6.07, 6.45) is 1.48. The first-order valence-electron chi connectivity index (χ1n) is 6.99. The van der Waals surface area contributed by atoms with Gasteiger partial charge in [0.1, 0.15) is 0 Å². The second-order valence-corrected chi connectivity index (χ2v) is 4.50. The monoisotopic (exact) mass is 315 g/mol. The van der Waals surface area contributed by atoms with E-state index in [1.807, 2.05) is 30.3 Å². The van der Waals surface area contributed by atoms with Crippen molar-refractivity contribution < 1.29 is 14.4 Å². The fourth-order valence-corrected chi connectivity index (χ4v) is 1.95. The number of nitro benzene ring substituents is 1. The van der Waals surface area contributed by atoms with E-state index in [4.69, 9.17) is 9.47 Å². The Bertz CT molecular complexity index is 702. The zero-order chi connectivity index (χ0) is 16.7. The molecule has 0 unspecified atom stereocenters. The summed E-state index contributed by atoms with van der Waals surface area (Å²) >= 11 is 0. The van der Waals surface area contributed by atoms with E-state index in [0.717, 1.165) is 5.69 Å². The normalized spacial score (nSPS) is 10.5. The van der Waals surface area contributed by atoms with Crippen LogP contribution in [-0.2, 0) is 0 Å². The minimum atomic E-state index is -0.504. The first-order chi connectivity index (χ1) is 11.2. The average Bonchev–Trinajstić information content (AvgIpc) is 2.56. The quantitative estimate of drug-likeness (QED) is 0.480. The van der Waals surface area contributed by atoms with Crippen LogP contribution in [-0.4, -0.2) is 24.9 Å². The van der Waals surface area contributed by atoms with E-state index < -0.39 is 4.92 Å². The Morgan fingerprint density at radius 3 is 2.65 bits per heavy atom. The molecule has 0 spiro atoms. The van der Waals surface area contributed by atoms with Crippen LogP contribution in [0.4, 0.5) is 11.4 Å². The molecule has 0 aliphatic carbocycles. The van der Waals surface area contributed by atoms with Crippen LogP contribution in [0.2, 0.25) is 0 Å². The Balaban J connectivity index is 2.28. The molecule has 1 N–H and O–H groups in total. The summed E-state index contributed by atoms with van der Waals surface area (Å²) in [4.78, 5) is 10.7. The lowest BCUT2D eigenvalue weighted by Crippen LogP contribution is -2.02. The number of anilines is 1. The number of nitrogens with zero attached hydrogens (tertiary/aromatic N) is 2. The van der Waals surface area contributed by atoms with Crippen molar-refractivity contribution in [3.8, 4) is 11.5 Å². The molecule has 2 aromatic rings. The van der Waals surface area contributed by atoms with E-state index in [9.17, 15) is 10.1 Å². The van der Waals surface area contributed by atoms with Gasteiger partial charge in [-0.25, -0.2) is 0 Å². The third-order valence-corrected chi connectivity index (χ3v) is 2.94. The van der Waals surface area contributed by atoms with E-state index in [2.05, 4.69) is 10.5 Å². The van der Waals surface area contributed by atoms with Gasteiger partial charge in [0, 0.05) is 11.6 Å². The molecule has 0 aliphatic rings. The molecular formula is C16H17N3O4. The minimum Gasteiger partial charge on any atom is -0.493 e. The van der Waals surface area contributed by atoms with Gasteiger partial charge in [-0.3, -0.25) is 15.5 Å². The highest BCUT2D eigenvalue weighted by Crippen LogP contribution is 2.37. The molecule has 2 rings (SSSR count). The average molecular weight is 315 g/mol. The lowest BCUT2D eigenvalue weighted by Gasteiger charge is -2.10. The lowest BCUT2D eigenvalue weighted by atomic mass is 10.2. The van der Waals surface area contributed by atoms with Crippen LogP contribution in [0.25, 0.3) is 0 Å². The Hall–Kier alpha value is -3.09. The summed E-state index contributed by atoms with van der Waals surface area (Å²) in [7, 11) is 1.44. The van der Waals surface area contributed by atoms with Crippen molar-refractivity contribution in [3.05, 3.63) is 58.1 Å². The Labute approximate surface area is 133 Å². The molecule has 7 nitrogen and oxygen atoms in total. The predicted molar refractivity (Wildman–Crippen MR) is 88.5 cm³/mol. The topological polar surface area (TPSA) is 86.0 Å². The fourth-order valence-electron chi connectivity index (χ4n) is 1.95. The van der Waals surface area contributed by atoms with Crippen molar-refractivity contribution in [3.63, 3.8) is 0 Å². The van der Waals surface area contributed by atoms with Crippen LogP contribution in [0.3, 0.4) is 0 Å². The molecule has 0 saturated heterocycles. The second kappa shape index (κ2) is 7.79. The third kappa shape index (κ3) is 4.19. The molecular weight excluding hydrogens is 298 g/mol. The number of hydrazone groups is 1. The van der Waals surface area contributed by atoms with Crippen LogP contribution in [0.5, 0.6) is 11.5 Å². The number of rotatable bonds is 7. The highest BCUT2D eigenvalue weighted by atomic mass is 16.6. The van der Waals surface area contributed by atoms with Gasteiger partial charge in [0.05, 0.1) is 30.5 Å². The van der Waals surface area contributed by atoms with Gasteiger partial charge in [-0.05, 0) is 25.1 Å². The van der Waals surface area contributed by atoms with Crippen molar-refractivity contribution in [1.82, 2.24) is 0 Å². The van der Waals surface area contributed by atoms with Crippen LogP contribution in [0, 0.1) is 10.1 Å². The molecule has 0 radical (unpaired) electrons. The number of nitro groups is 1. The van der Waals surface area contributed by atoms with Crippen LogP contribution >= 0.6 is 0 Å². The Morgan fingerprint density at radius 1 is 1.30 bits per heavy atom. The number of methoxy groups -OCH3 is 1. The molecule has 0 fully saturated rings. The van der Waals surface area contributed by atoms with E-state index >= 15 is 0 Å². The van der Waals surface area contributed by atoms with Crippen LogP contribution in [0.15, 0.2) is 47.6 Å². The van der Waals surface area contributed by atoms with Gasteiger partial charge in [0.2, 0.25) is 5.75 Å². The maximum atomic E-state index is 11.2. The molecule has 0 aliphatic heterocycles. The van der Waals surface area contributed by atoms with Gasteiger partial charge in [0.15, 0.2) is 5.75 Å². The fraction of sp³-hybridized carbons (Fsp3) is 0.188. The summed E-state index contributed by atoms with van der Waals surface area (Å²) in [6, 6.07) is 12.4. The summed E-state index contributed by atoms with van der Waals surface area (Å²) in [5.74, 6) is 0.412. The molecule has 0 amide bonds. The van der Waals surface area contributed by atoms with Crippen molar-refractivity contribution in [1.29, 1.82) is 0 Å². The number of benzene rings is 2. The Kier molecular flexibility index (Phi) is 5.51. The van der Waals surface area contributed by atoms with Crippen molar-refractivity contribution in [2.75, 3.05) is 19.1 Å². The highest BCUT2D eigenvalue weighted by Gasteiger charge is 2.21. The summed E-state index contributed by atoms with van der Waals surface area (Å²) in [5, 5.41) is 15.3. The highest BCUT2D eigenvalue weighted by molar-refractivity contribution is 5.83. The van der Waals surface area contributed by atoms with Crippen LogP contribution < -0.4 is 14.9 Å². The van der Waals surface area contributed by atoms with E-state index in [1.54, 1.807) is 13.0 Å². The molecule has 0 bridgehead atoms. The molecule has 0 atom stereocenters. The van der Waals surface area contributed by atoms with Gasteiger partial charge < -0.3 is 9.47 Å². The molecule has 0 aromatic heterocycles. The van der Waals surface area contributed by atoms with Crippen molar-refractivity contribution in [2.45, 2.75) is 6.92 Å². The Morgan fingerprint density at radius 2 is 2.04 bits per heavy atom. The minimum absolute atomic E-state index is 0.119. The first kappa shape index (κ1) is 16.3. The number of hydrogen-bond acceptors (Lipinski definition) is 6. The van der Waals surface area contributed by atoms with E-state index in [1.165, 1.54) is 19.4 Å². The van der Waals surface area contributed by atoms with Gasteiger partial charge >= 0.3 is 5.69 Å². The van der Waals surface area contributed by atoms with Crippen molar-refractivity contribution in [2.24, 2.45) is 5.10 Å². The first-order valence-corrected chi connectivity index (χ1v) is 6.99. The SMILES string of the molecule is CCOc1c(OC)cc(/C=N/Nc2ccccc2)cc1[N+](=O)[O-]. The molecule has 0 saturated carbocycles. The summed E-state index contributed by atoms with van der Waals surface area (Å²) in [5.41, 5.74) is 4.03. The maximum absolute atomic E-state index is 11.2. The molecule has 23 heavy (non-hydrogen) atoms. The summed E-state index contributed by atoms with van der Waals surface area (Å²) in [6.45, 7) is 2.06. The molecule has 120 valence electrons. The largest absolute Gasteiger partial charge is 0.493 e. The van der Waals surface area contributed by atoms with Gasteiger partial charge in [-0.2, -0.15) is 5.10 Å². The number of hydrogen-bond donors (Lipinski definition) is 1. The zero-order valence-corrected chi connectivity index (χ0v) is 12.9. The second-order valence-electron chi connectivity index (χ2n) is 4.50.